The maximum atomic E-state index is 12.9. The van der Waals surface area contributed by atoms with E-state index in [4.69, 9.17) is 4.74 Å². The number of carbonyl (C=O) groups is 2. The van der Waals surface area contributed by atoms with Gasteiger partial charge in [-0.25, -0.2) is 8.42 Å². The Morgan fingerprint density at radius 2 is 1.86 bits per heavy atom. The van der Waals surface area contributed by atoms with Crippen LogP contribution >= 0.6 is 11.3 Å². The summed E-state index contributed by atoms with van der Waals surface area (Å²) < 4.78 is 33.9. The number of hydrogen-bond donors (Lipinski definition) is 0. The molecule has 0 aliphatic carbocycles. The topological polar surface area (TPSA) is 141 Å². The lowest BCUT2D eigenvalue weighted by Gasteiger charge is -2.20. The van der Waals surface area contributed by atoms with Crippen LogP contribution in [0.1, 0.15) is 37.0 Å². The second-order valence-corrected chi connectivity index (χ2v) is 10.7. The SMILES string of the molecule is CCCCN(CC)S(=O)(=O)c1ccc(C(=O)N=c2sc3ccc([N+](=O)[O-])cc3n2CC(=O)OC)cc1. The molecule has 0 saturated heterocycles. The fourth-order valence-electron chi connectivity index (χ4n) is 3.46. The molecular weight excluding hydrogens is 508 g/mol. The van der Waals surface area contributed by atoms with Crippen LogP contribution in [0.25, 0.3) is 10.2 Å². The highest BCUT2D eigenvalue weighted by Gasteiger charge is 2.23. The van der Waals surface area contributed by atoms with E-state index in [0.29, 0.717) is 23.3 Å². The highest BCUT2D eigenvalue weighted by molar-refractivity contribution is 7.89. The third kappa shape index (κ3) is 5.86. The molecular formula is C23H26N4O7S2. The number of rotatable bonds is 10. The lowest BCUT2D eigenvalue weighted by Crippen LogP contribution is -2.31. The molecule has 1 heterocycles. The van der Waals surface area contributed by atoms with Gasteiger partial charge < -0.3 is 9.30 Å². The Kier molecular flexibility index (Phi) is 8.71. The fraction of sp³-hybridized carbons (Fsp3) is 0.348. The van der Waals surface area contributed by atoms with Gasteiger partial charge in [-0.15, -0.1) is 0 Å². The quantitative estimate of drug-likeness (QED) is 0.221. The van der Waals surface area contributed by atoms with Gasteiger partial charge in [-0.1, -0.05) is 31.6 Å². The number of methoxy groups -OCH3 is 1. The molecule has 0 fully saturated rings. The standard InChI is InChI=1S/C23H26N4O7S2/c1-4-6-13-25(5-2)36(32,33)18-10-7-16(8-11-18)22(29)24-23-26(15-21(28)34-3)19-14-17(27(30)31)9-12-20(19)35-23/h7-12,14H,4-6,13,15H2,1-3H3. The van der Waals surface area contributed by atoms with Gasteiger partial charge in [0.1, 0.15) is 6.54 Å². The molecule has 1 amide bonds. The number of sulfonamides is 1. The minimum Gasteiger partial charge on any atom is -0.468 e. The molecule has 11 nitrogen and oxygen atoms in total. The summed E-state index contributed by atoms with van der Waals surface area (Å²) in [6.45, 7) is 4.20. The Morgan fingerprint density at radius 3 is 2.44 bits per heavy atom. The van der Waals surface area contributed by atoms with Crippen molar-refractivity contribution < 1.29 is 27.7 Å². The lowest BCUT2D eigenvalue weighted by atomic mass is 10.2. The number of nitro benzene ring substituents is 1. The second-order valence-electron chi connectivity index (χ2n) is 7.75. The molecule has 0 N–H and O–H groups in total. The number of benzene rings is 2. The first-order chi connectivity index (χ1) is 17.1. The van der Waals surface area contributed by atoms with Gasteiger partial charge >= 0.3 is 5.97 Å². The van der Waals surface area contributed by atoms with Crippen LogP contribution < -0.4 is 4.80 Å². The molecule has 0 bridgehead atoms. The van der Waals surface area contributed by atoms with Gasteiger partial charge in [-0.05, 0) is 36.8 Å². The molecule has 0 aliphatic heterocycles. The van der Waals surface area contributed by atoms with Crippen molar-refractivity contribution in [1.82, 2.24) is 8.87 Å². The van der Waals surface area contributed by atoms with Gasteiger partial charge in [-0.3, -0.25) is 19.7 Å². The largest absolute Gasteiger partial charge is 0.468 e. The lowest BCUT2D eigenvalue weighted by molar-refractivity contribution is -0.384. The Balaban J connectivity index is 2.00. The van der Waals surface area contributed by atoms with Crippen LogP contribution in [0.15, 0.2) is 52.4 Å². The summed E-state index contributed by atoms with van der Waals surface area (Å²) in [7, 11) is -2.49. The minimum atomic E-state index is -3.69. The van der Waals surface area contributed by atoms with E-state index in [0.717, 1.165) is 24.2 Å². The molecule has 0 saturated carbocycles. The van der Waals surface area contributed by atoms with E-state index in [1.807, 2.05) is 6.92 Å². The van der Waals surface area contributed by atoms with Crippen molar-refractivity contribution >= 4 is 49.1 Å². The van der Waals surface area contributed by atoms with E-state index < -0.39 is 26.8 Å². The van der Waals surface area contributed by atoms with Crippen LogP contribution in [0.4, 0.5) is 5.69 Å². The van der Waals surface area contributed by atoms with Gasteiger partial charge in [0.05, 0.1) is 27.1 Å². The highest BCUT2D eigenvalue weighted by Crippen LogP contribution is 2.23. The summed E-state index contributed by atoms with van der Waals surface area (Å²) in [4.78, 5) is 39.9. The van der Waals surface area contributed by atoms with Crippen LogP contribution in [0.5, 0.6) is 0 Å². The number of nitrogens with zero attached hydrogens (tertiary/aromatic N) is 4. The number of nitro groups is 1. The Hall–Kier alpha value is -3.42. The number of fused-ring (bicyclic) bond motifs is 1. The van der Waals surface area contributed by atoms with Gasteiger partial charge in [0.2, 0.25) is 10.0 Å². The Bertz CT molecular complexity index is 1460. The highest BCUT2D eigenvalue weighted by atomic mass is 32.2. The summed E-state index contributed by atoms with van der Waals surface area (Å²) in [5.41, 5.74) is 0.339. The van der Waals surface area contributed by atoms with Crippen molar-refractivity contribution in [2.75, 3.05) is 20.2 Å². The molecule has 36 heavy (non-hydrogen) atoms. The first-order valence-electron chi connectivity index (χ1n) is 11.2. The van der Waals surface area contributed by atoms with E-state index in [2.05, 4.69) is 4.99 Å². The maximum absolute atomic E-state index is 12.9. The minimum absolute atomic E-state index is 0.0759. The monoisotopic (exact) mass is 534 g/mol. The zero-order chi connectivity index (χ0) is 26.5. The van der Waals surface area contributed by atoms with E-state index >= 15 is 0 Å². The van der Waals surface area contributed by atoms with E-state index in [1.54, 1.807) is 6.92 Å². The Morgan fingerprint density at radius 1 is 1.17 bits per heavy atom. The molecule has 0 atom stereocenters. The average Bonchev–Trinajstić information content (AvgIpc) is 3.20. The van der Waals surface area contributed by atoms with Gasteiger partial charge in [-0.2, -0.15) is 9.30 Å². The summed E-state index contributed by atoms with van der Waals surface area (Å²) in [6, 6.07) is 9.65. The van der Waals surface area contributed by atoms with Crippen LogP contribution in [0.3, 0.4) is 0 Å². The van der Waals surface area contributed by atoms with Crippen molar-refractivity contribution in [3.05, 3.63) is 62.9 Å². The first-order valence-corrected chi connectivity index (χ1v) is 13.4. The molecule has 0 aliphatic rings. The summed E-state index contributed by atoms with van der Waals surface area (Å²) in [6.07, 6.45) is 1.61. The van der Waals surface area contributed by atoms with Crippen molar-refractivity contribution in [2.45, 2.75) is 38.1 Å². The molecule has 13 heteroatoms. The van der Waals surface area contributed by atoms with Crippen molar-refractivity contribution in [2.24, 2.45) is 4.99 Å². The summed E-state index contributed by atoms with van der Waals surface area (Å²) in [5.74, 6) is -1.27. The molecule has 192 valence electrons. The average molecular weight is 535 g/mol. The number of thiazole rings is 1. The van der Waals surface area contributed by atoms with Crippen LogP contribution in [0.2, 0.25) is 0 Å². The molecule has 3 rings (SSSR count). The fourth-order valence-corrected chi connectivity index (χ4v) is 5.95. The maximum Gasteiger partial charge on any atom is 0.325 e. The van der Waals surface area contributed by atoms with Crippen LogP contribution in [0, 0.1) is 10.1 Å². The van der Waals surface area contributed by atoms with Crippen molar-refractivity contribution in [1.29, 1.82) is 0 Å². The van der Waals surface area contributed by atoms with Crippen LogP contribution in [-0.4, -0.2) is 54.3 Å². The van der Waals surface area contributed by atoms with Gasteiger partial charge in [0.25, 0.3) is 11.6 Å². The molecule has 1 aromatic heterocycles. The number of ether oxygens (including phenoxy) is 1. The zero-order valence-corrected chi connectivity index (χ0v) is 21.7. The predicted molar refractivity (Wildman–Crippen MR) is 134 cm³/mol. The van der Waals surface area contributed by atoms with Crippen molar-refractivity contribution in [3.63, 3.8) is 0 Å². The summed E-state index contributed by atoms with van der Waals surface area (Å²) >= 11 is 1.08. The zero-order valence-electron chi connectivity index (χ0n) is 20.0. The normalized spacial score (nSPS) is 12.3. The number of non-ortho nitro benzene ring substituents is 1. The molecule has 0 spiro atoms. The van der Waals surface area contributed by atoms with E-state index in [1.165, 1.54) is 58.4 Å². The smallest absolute Gasteiger partial charge is 0.325 e. The van der Waals surface area contributed by atoms with Crippen molar-refractivity contribution in [3.8, 4) is 0 Å². The van der Waals surface area contributed by atoms with Gasteiger partial charge in [0.15, 0.2) is 4.80 Å². The van der Waals surface area contributed by atoms with E-state index in [9.17, 15) is 28.1 Å². The number of amides is 1. The number of carbonyl (C=O) groups excluding carboxylic acids is 2. The Labute approximate surface area is 211 Å². The second kappa shape index (κ2) is 11.5. The molecule has 3 aromatic rings. The van der Waals surface area contributed by atoms with Gasteiger partial charge in [0, 0.05) is 30.8 Å². The number of hydrogen-bond acceptors (Lipinski definition) is 8. The number of unbranched alkanes of at least 4 members (excludes halogenated alkanes) is 1. The number of aromatic nitrogens is 1. The third-order valence-electron chi connectivity index (χ3n) is 5.44. The van der Waals surface area contributed by atoms with Crippen LogP contribution in [-0.2, 0) is 26.1 Å². The predicted octanol–water partition coefficient (Wildman–Crippen LogP) is 3.34. The molecule has 0 unspecified atom stereocenters. The first kappa shape index (κ1) is 27.2. The molecule has 0 radical (unpaired) electrons. The third-order valence-corrected chi connectivity index (χ3v) is 8.49. The van der Waals surface area contributed by atoms with E-state index in [-0.39, 0.29) is 27.5 Å². The number of esters is 1. The summed E-state index contributed by atoms with van der Waals surface area (Å²) in [5, 5.41) is 11.2. The molecule has 2 aromatic carbocycles.